The molecule has 2 aromatic carbocycles. The van der Waals surface area contributed by atoms with Crippen molar-refractivity contribution in [2.45, 2.75) is 79.5 Å². The molecule has 0 radical (unpaired) electrons. The Kier molecular flexibility index (Phi) is 11.4. The molecule has 2 aromatic rings. The molecule has 2 fully saturated rings. The summed E-state index contributed by atoms with van der Waals surface area (Å²) in [4.78, 5) is 19.1. The zero-order valence-electron chi connectivity index (χ0n) is 25.6. The van der Waals surface area contributed by atoms with Crippen molar-refractivity contribution >= 4 is 29.1 Å². The van der Waals surface area contributed by atoms with Crippen LogP contribution in [0.4, 0.5) is 10.5 Å². The van der Waals surface area contributed by atoms with E-state index in [1.807, 2.05) is 41.5 Å². The lowest BCUT2D eigenvalue weighted by Gasteiger charge is -2.37. The first-order valence-electron chi connectivity index (χ1n) is 14.8. The minimum absolute atomic E-state index is 0.228. The van der Waals surface area contributed by atoms with Crippen LogP contribution in [0.5, 0.6) is 0 Å². The number of piperidine rings is 1. The van der Waals surface area contributed by atoms with Crippen LogP contribution in [0.25, 0.3) is 5.70 Å². The third kappa shape index (κ3) is 8.90. The molecule has 6 nitrogen and oxygen atoms in total. The first-order valence-corrected chi connectivity index (χ1v) is 15.1. The average molecular weight is 569 g/mol. The molecule has 0 saturated carbocycles. The summed E-state index contributed by atoms with van der Waals surface area (Å²) in [5.74, 6) is 0. The van der Waals surface area contributed by atoms with Crippen molar-refractivity contribution in [3.63, 3.8) is 0 Å². The molecule has 2 aliphatic rings. The SMILES string of the molecule is C=C(NC1CCN(Cc2ccc(C)c(Cl)c2)CC1)c1ccc(C)c(N2CCN(C(=O)OC(C)(C)C)CC2)c1.CC. The van der Waals surface area contributed by atoms with E-state index in [1.54, 1.807) is 4.90 Å². The third-order valence-electron chi connectivity index (χ3n) is 7.44. The number of piperazine rings is 1. The lowest BCUT2D eigenvalue weighted by atomic mass is 10.0. The zero-order valence-corrected chi connectivity index (χ0v) is 26.4. The van der Waals surface area contributed by atoms with Crippen LogP contribution in [0.2, 0.25) is 5.02 Å². The standard InChI is InChI=1S/C31H43ClN4O2.C2H6/c1-22-7-9-25(19-28(22)32)21-34-13-11-27(12-14-34)33-24(3)26-10-8-23(2)29(20-26)35-15-17-36(18-16-35)30(37)38-31(4,5)6;1-2/h7-10,19-20,27,33H,3,11-18,21H2,1-2,4-6H3;1-2H3. The highest BCUT2D eigenvalue weighted by Crippen LogP contribution is 2.27. The summed E-state index contributed by atoms with van der Waals surface area (Å²) in [5, 5.41) is 4.54. The molecule has 7 heteroatoms. The Morgan fingerprint density at radius 1 is 0.975 bits per heavy atom. The fourth-order valence-electron chi connectivity index (χ4n) is 5.15. The van der Waals surface area contributed by atoms with Crippen LogP contribution < -0.4 is 10.2 Å². The molecule has 0 spiro atoms. The van der Waals surface area contributed by atoms with Crippen LogP contribution in [0, 0.1) is 13.8 Å². The summed E-state index contributed by atoms with van der Waals surface area (Å²) >= 11 is 6.32. The quantitative estimate of drug-likeness (QED) is 0.397. The van der Waals surface area contributed by atoms with Crippen LogP contribution in [0.1, 0.15) is 69.7 Å². The second kappa shape index (κ2) is 14.3. The molecule has 220 valence electrons. The minimum Gasteiger partial charge on any atom is -0.444 e. The van der Waals surface area contributed by atoms with Gasteiger partial charge in [0.25, 0.3) is 0 Å². The Morgan fingerprint density at radius 3 is 2.20 bits per heavy atom. The molecule has 1 N–H and O–H groups in total. The maximum atomic E-state index is 12.5. The number of ether oxygens (including phenoxy) is 1. The number of halogens is 1. The molecule has 2 saturated heterocycles. The summed E-state index contributed by atoms with van der Waals surface area (Å²) in [6.07, 6.45) is 1.95. The van der Waals surface area contributed by atoms with Gasteiger partial charge in [-0.15, -0.1) is 0 Å². The number of hydrogen-bond acceptors (Lipinski definition) is 5. The molecule has 0 aromatic heterocycles. The van der Waals surface area contributed by atoms with E-state index in [0.717, 1.165) is 67.4 Å². The molecular weight excluding hydrogens is 520 g/mol. The van der Waals surface area contributed by atoms with Gasteiger partial charge < -0.3 is 19.9 Å². The number of aryl methyl sites for hydroxylation is 2. The number of nitrogens with one attached hydrogen (secondary N) is 1. The summed E-state index contributed by atoms with van der Waals surface area (Å²) < 4.78 is 5.55. The molecule has 0 aliphatic carbocycles. The highest BCUT2D eigenvalue weighted by Gasteiger charge is 2.27. The van der Waals surface area contributed by atoms with E-state index >= 15 is 0 Å². The molecule has 0 atom stereocenters. The Hall–Kier alpha value is -2.70. The maximum Gasteiger partial charge on any atom is 0.410 e. The minimum atomic E-state index is -0.474. The number of benzene rings is 2. The molecule has 2 heterocycles. The number of likely N-dealkylation sites (tertiary alicyclic amines) is 1. The molecule has 0 bridgehead atoms. The van der Waals surface area contributed by atoms with E-state index in [-0.39, 0.29) is 6.09 Å². The predicted molar refractivity (Wildman–Crippen MR) is 169 cm³/mol. The Bertz CT molecular complexity index is 1140. The summed E-state index contributed by atoms with van der Waals surface area (Å²) in [7, 11) is 0. The molecule has 0 unspecified atom stereocenters. The lowest BCUT2D eigenvalue weighted by Crippen LogP contribution is -2.50. The van der Waals surface area contributed by atoms with Gasteiger partial charge in [0, 0.05) is 68.3 Å². The topological polar surface area (TPSA) is 48.0 Å². The first-order chi connectivity index (χ1) is 19.0. The Morgan fingerprint density at radius 2 is 1.60 bits per heavy atom. The highest BCUT2D eigenvalue weighted by molar-refractivity contribution is 6.31. The smallest absolute Gasteiger partial charge is 0.410 e. The monoisotopic (exact) mass is 568 g/mol. The Labute approximate surface area is 247 Å². The van der Waals surface area contributed by atoms with Gasteiger partial charge in [-0.1, -0.05) is 56.3 Å². The third-order valence-corrected chi connectivity index (χ3v) is 7.85. The predicted octanol–water partition coefficient (Wildman–Crippen LogP) is 7.27. The van der Waals surface area contributed by atoms with Crippen LogP contribution in [0.3, 0.4) is 0 Å². The van der Waals surface area contributed by atoms with Gasteiger partial charge in [-0.25, -0.2) is 4.79 Å². The van der Waals surface area contributed by atoms with Crippen molar-refractivity contribution in [3.05, 3.63) is 70.3 Å². The number of carbonyl (C=O) groups is 1. The van der Waals surface area contributed by atoms with Crippen LogP contribution in [-0.4, -0.2) is 66.8 Å². The number of amides is 1. The molecule has 40 heavy (non-hydrogen) atoms. The molecular formula is C33H49ClN4O2. The van der Waals surface area contributed by atoms with Gasteiger partial charge in [0.15, 0.2) is 0 Å². The molecule has 4 rings (SSSR count). The van der Waals surface area contributed by atoms with Gasteiger partial charge in [-0.3, -0.25) is 4.90 Å². The molecule has 1 amide bonds. The van der Waals surface area contributed by atoms with Gasteiger partial charge in [-0.2, -0.15) is 0 Å². The number of anilines is 1. The normalized spacial score (nSPS) is 16.7. The van der Waals surface area contributed by atoms with E-state index in [1.165, 1.54) is 16.8 Å². The Balaban J connectivity index is 0.00000216. The van der Waals surface area contributed by atoms with Gasteiger partial charge in [0.05, 0.1) is 0 Å². The lowest BCUT2D eigenvalue weighted by molar-refractivity contribution is 0.0240. The fraction of sp³-hybridized carbons (Fsp3) is 0.545. The number of carbonyl (C=O) groups excluding carboxylic acids is 1. The van der Waals surface area contributed by atoms with Crippen molar-refractivity contribution in [3.8, 4) is 0 Å². The van der Waals surface area contributed by atoms with Gasteiger partial charge in [0.2, 0.25) is 0 Å². The van der Waals surface area contributed by atoms with E-state index < -0.39 is 5.60 Å². The van der Waals surface area contributed by atoms with Gasteiger partial charge in [0.1, 0.15) is 5.60 Å². The number of rotatable bonds is 6. The second-order valence-electron chi connectivity index (χ2n) is 11.7. The van der Waals surface area contributed by atoms with Crippen molar-refractivity contribution < 1.29 is 9.53 Å². The highest BCUT2D eigenvalue weighted by atomic mass is 35.5. The first kappa shape index (κ1) is 31.8. The van der Waals surface area contributed by atoms with Crippen LogP contribution in [-0.2, 0) is 11.3 Å². The van der Waals surface area contributed by atoms with Crippen molar-refractivity contribution in [2.75, 3.05) is 44.2 Å². The van der Waals surface area contributed by atoms with Crippen molar-refractivity contribution in [1.29, 1.82) is 0 Å². The fourth-order valence-corrected chi connectivity index (χ4v) is 5.36. The largest absolute Gasteiger partial charge is 0.444 e. The van der Waals surface area contributed by atoms with Crippen LogP contribution >= 0.6 is 11.6 Å². The van der Waals surface area contributed by atoms with Crippen molar-refractivity contribution in [2.24, 2.45) is 0 Å². The van der Waals surface area contributed by atoms with Gasteiger partial charge in [-0.05, 0) is 81.8 Å². The average Bonchev–Trinajstić information content (AvgIpc) is 2.92. The second-order valence-corrected chi connectivity index (χ2v) is 12.1. The number of nitrogens with zero attached hydrogens (tertiary/aromatic N) is 3. The zero-order chi connectivity index (χ0) is 29.4. The van der Waals surface area contributed by atoms with E-state index in [4.69, 9.17) is 16.3 Å². The van der Waals surface area contributed by atoms with Gasteiger partial charge >= 0.3 is 6.09 Å². The summed E-state index contributed by atoms with van der Waals surface area (Å²) in [6, 6.07) is 13.4. The summed E-state index contributed by atoms with van der Waals surface area (Å²) in [5.41, 5.74) is 6.46. The maximum absolute atomic E-state index is 12.5. The summed E-state index contributed by atoms with van der Waals surface area (Å²) in [6.45, 7) is 24.2. The van der Waals surface area contributed by atoms with E-state index in [2.05, 4.69) is 65.0 Å². The van der Waals surface area contributed by atoms with E-state index in [0.29, 0.717) is 19.1 Å². The van der Waals surface area contributed by atoms with Crippen molar-refractivity contribution in [1.82, 2.24) is 15.1 Å². The molecule has 2 aliphatic heterocycles. The van der Waals surface area contributed by atoms with E-state index in [9.17, 15) is 4.79 Å². The van der Waals surface area contributed by atoms with Crippen LogP contribution in [0.15, 0.2) is 43.0 Å². The number of hydrogen-bond donors (Lipinski definition) is 1.